The van der Waals surface area contributed by atoms with Crippen molar-refractivity contribution in [2.75, 3.05) is 5.32 Å². The molecule has 12 heavy (non-hydrogen) atoms. The van der Waals surface area contributed by atoms with Crippen LogP contribution in [0.15, 0.2) is 21.3 Å². The summed E-state index contributed by atoms with van der Waals surface area (Å²) >= 11 is 0. The zero-order valence-corrected chi connectivity index (χ0v) is 6.88. The monoisotopic (exact) mass is 167 g/mol. The first-order valence-corrected chi connectivity index (χ1v) is 3.47. The average Bonchev–Trinajstić information content (AvgIpc) is 1.81. The summed E-state index contributed by atoms with van der Waals surface area (Å²) in [5.41, 5.74) is 0.00926. The van der Waals surface area contributed by atoms with Crippen molar-refractivity contribution < 1.29 is 9.21 Å². The minimum atomic E-state index is -0.459. The molecule has 0 aromatic carbocycles. The molecule has 1 heterocycles. The zero-order valence-electron chi connectivity index (χ0n) is 6.88. The summed E-state index contributed by atoms with van der Waals surface area (Å²) in [5, 5.41) is 2.49. The van der Waals surface area contributed by atoms with Gasteiger partial charge in [-0.15, -0.1) is 0 Å². The molecule has 0 aliphatic carbocycles. The van der Waals surface area contributed by atoms with E-state index in [0.717, 1.165) is 0 Å². The van der Waals surface area contributed by atoms with E-state index in [2.05, 4.69) is 5.32 Å². The van der Waals surface area contributed by atoms with Gasteiger partial charge in [0.2, 0.25) is 5.91 Å². The molecule has 0 radical (unpaired) electrons. The SMILES string of the molecule is CC(=O)Nc1cc(C)oc(=O)c1. The Kier molecular flexibility index (Phi) is 2.28. The second-order valence-electron chi connectivity index (χ2n) is 2.46. The number of hydrogen-bond donors (Lipinski definition) is 1. The van der Waals surface area contributed by atoms with E-state index in [1.165, 1.54) is 13.0 Å². The van der Waals surface area contributed by atoms with Crippen molar-refractivity contribution in [3.63, 3.8) is 0 Å². The summed E-state index contributed by atoms with van der Waals surface area (Å²) < 4.78 is 4.69. The van der Waals surface area contributed by atoms with E-state index < -0.39 is 5.63 Å². The molecule has 1 N–H and O–H groups in total. The highest BCUT2D eigenvalue weighted by Crippen LogP contribution is 2.05. The smallest absolute Gasteiger partial charge is 0.337 e. The van der Waals surface area contributed by atoms with Crippen LogP contribution in [0.3, 0.4) is 0 Å². The Morgan fingerprint density at radius 2 is 2.17 bits per heavy atom. The van der Waals surface area contributed by atoms with Crippen LogP contribution in [0, 0.1) is 6.92 Å². The Hall–Kier alpha value is -1.58. The van der Waals surface area contributed by atoms with E-state index in [4.69, 9.17) is 4.42 Å². The Bertz CT molecular complexity index is 354. The number of rotatable bonds is 1. The van der Waals surface area contributed by atoms with E-state index in [-0.39, 0.29) is 5.91 Å². The fourth-order valence-corrected chi connectivity index (χ4v) is 0.881. The van der Waals surface area contributed by atoms with E-state index in [9.17, 15) is 9.59 Å². The van der Waals surface area contributed by atoms with Gasteiger partial charge in [-0.3, -0.25) is 4.79 Å². The maximum Gasteiger partial charge on any atom is 0.337 e. The van der Waals surface area contributed by atoms with Gasteiger partial charge in [-0.1, -0.05) is 0 Å². The standard InChI is InChI=1S/C8H9NO3/c1-5-3-7(9-6(2)10)4-8(11)12-5/h3-4H,1-2H3,(H,9,10). The molecule has 4 heteroatoms. The van der Waals surface area contributed by atoms with Gasteiger partial charge in [0, 0.05) is 19.1 Å². The summed E-state index contributed by atoms with van der Waals surface area (Å²) in [6, 6.07) is 2.82. The highest BCUT2D eigenvalue weighted by atomic mass is 16.4. The lowest BCUT2D eigenvalue weighted by molar-refractivity contribution is -0.114. The van der Waals surface area contributed by atoms with Gasteiger partial charge in [0.25, 0.3) is 0 Å². The van der Waals surface area contributed by atoms with Crippen molar-refractivity contribution in [1.82, 2.24) is 0 Å². The summed E-state index contributed by atoms with van der Waals surface area (Å²) in [5.74, 6) is 0.270. The number of hydrogen-bond acceptors (Lipinski definition) is 3. The van der Waals surface area contributed by atoms with Crippen LogP contribution >= 0.6 is 0 Å². The van der Waals surface area contributed by atoms with Gasteiger partial charge in [0.05, 0.1) is 5.69 Å². The minimum Gasteiger partial charge on any atom is -0.428 e. The molecule has 0 saturated heterocycles. The van der Waals surface area contributed by atoms with E-state index in [1.54, 1.807) is 13.0 Å². The number of aryl methyl sites for hydroxylation is 1. The topological polar surface area (TPSA) is 59.3 Å². The molecule has 0 aliphatic heterocycles. The van der Waals surface area contributed by atoms with Crippen molar-refractivity contribution in [2.45, 2.75) is 13.8 Å². The molecule has 1 amide bonds. The van der Waals surface area contributed by atoms with Gasteiger partial charge in [0.15, 0.2) is 0 Å². The molecular formula is C8H9NO3. The van der Waals surface area contributed by atoms with Crippen LogP contribution in [-0.4, -0.2) is 5.91 Å². The molecule has 0 unspecified atom stereocenters. The number of amides is 1. The quantitative estimate of drug-likeness (QED) is 0.676. The van der Waals surface area contributed by atoms with Crippen LogP contribution in [0.4, 0.5) is 5.69 Å². The second-order valence-corrected chi connectivity index (χ2v) is 2.46. The average molecular weight is 167 g/mol. The highest BCUT2D eigenvalue weighted by Gasteiger charge is 1.98. The second kappa shape index (κ2) is 3.21. The molecule has 64 valence electrons. The van der Waals surface area contributed by atoms with Gasteiger partial charge < -0.3 is 9.73 Å². The van der Waals surface area contributed by atoms with Crippen LogP contribution in [0.1, 0.15) is 12.7 Å². The molecule has 0 bridgehead atoms. The highest BCUT2D eigenvalue weighted by molar-refractivity contribution is 5.88. The van der Waals surface area contributed by atoms with Crippen molar-refractivity contribution in [2.24, 2.45) is 0 Å². The molecular weight excluding hydrogens is 158 g/mol. The van der Waals surface area contributed by atoms with Crippen molar-refractivity contribution in [3.8, 4) is 0 Å². The zero-order chi connectivity index (χ0) is 9.14. The van der Waals surface area contributed by atoms with Crippen LogP contribution in [-0.2, 0) is 4.79 Å². The number of anilines is 1. The van der Waals surface area contributed by atoms with E-state index in [0.29, 0.717) is 11.4 Å². The maximum absolute atomic E-state index is 10.8. The van der Waals surface area contributed by atoms with Crippen molar-refractivity contribution >= 4 is 11.6 Å². The Labute approximate surface area is 69.2 Å². The third kappa shape index (κ3) is 2.23. The van der Waals surface area contributed by atoms with Crippen molar-refractivity contribution in [3.05, 3.63) is 28.3 Å². The van der Waals surface area contributed by atoms with Crippen LogP contribution < -0.4 is 10.9 Å². The van der Waals surface area contributed by atoms with Crippen LogP contribution in [0.5, 0.6) is 0 Å². The van der Waals surface area contributed by atoms with Crippen molar-refractivity contribution in [1.29, 1.82) is 0 Å². The molecule has 0 aliphatic rings. The van der Waals surface area contributed by atoms with E-state index in [1.807, 2.05) is 0 Å². The molecule has 1 aromatic rings. The maximum atomic E-state index is 10.8. The Morgan fingerprint density at radius 1 is 1.50 bits per heavy atom. The minimum absolute atomic E-state index is 0.208. The predicted molar refractivity (Wildman–Crippen MR) is 44.0 cm³/mol. The third-order valence-corrected chi connectivity index (χ3v) is 1.21. The molecule has 0 saturated carbocycles. The Balaban J connectivity index is 3.01. The van der Waals surface area contributed by atoms with Gasteiger partial charge >= 0.3 is 5.63 Å². The van der Waals surface area contributed by atoms with Gasteiger partial charge in [-0.2, -0.15) is 0 Å². The summed E-state index contributed by atoms with van der Waals surface area (Å²) in [7, 11) is 0. The number of nitrogens with one attached hydrogen (secondary N) is 1. The van der Waals surface area contributed by atoms with Gasteiger partial charge in [-0.25, -0.2) is 4.79 Å². The number of carbonyl (C=O) groups is 1. The summed E-state index contributed by atoms with van der Waals surface area (Å²) in [4.78, 5) is 21.4. The largest absolute Gasteiger partial charge is 0.428 e. The first-order valence-electron chi connectivity index (χ1n) is 3.47. The third-order valence-electron chi connectivity index (χ3n) is 1.21. The lowest BCUT2D eigenvalue weighted by Crippen LogP contribution is -2.09. The van der Waals surface area contributed by atoms with E-state index >= 15 is 0 Å². The fraction of sp³-hybridized carbons (Fsp3) is 0.250. The lowest BCUT2D eigenvalue weighted by atomic mass is 10.3. The number of carbonyl (C=O) groups excluding carboxylic acids is 1. The molecule has 1 aromatic heterocycles. The Morgan fingerprint density at radius 3 is 2.67 bits per heavy atom. The lowest BCUT2D eigenvalue weighted by Gasteiger charge is -2.00. The van der Waals surface area contributed by atoms with Crippen LogP contribution in [0.2, 0.25) is 0 Å². The van der Waals surface area contributed by atoms with Crippen LogP contribution in [0.25, 0.3) is 0 Å². The fourth-order valence-electron chi connectivity index (χ4n) is 0.881. The molecule has 0 fully saturated rings. The molecule has 1 rings (SSSR count). The molecule has 0 atom stereocenters. The molecule has 4 nitrogen and oxygen atoms in total. The van der Waals surface area contributed by atoms with Gasteiger partial charge in [0.1, 0.15) is 5.76 Å². The first kappa shape index (κ1) is 8.52. The summed E-state index contributed by atoms with van der Waals surface area (Å²) in [6.45, 7) is 3.02. The predicted octanol–water partition coefficient (Wildman–Crippen LogP) is 0.907. The molecule has 0 spiro atoms. The van der Waals surface area contributed by atoms with Gasteiger partial charge in [-0.05, 0) is 6.92 Å². The normalized spacial score (nSPS) is 9.50. The first-order chi connectivity index (χ1) is 5.58. The summed E-state index contributed by atoms with van der Waals surface area (Å²) in [6.07, 6.45) is 0.